The van der Waals surface area contributed by atoms with Crippen LogP contribution in [0.1, 0.15) is 45.6 Å². The van der Waals surface area contributed by atoms with Crippen molar-refractivity contribution >= 4 is 15.9 Å². The molecule has 1 heterocycles. The Hall–Kier alpha value is -2.15. The Labute approximate surface area is 149 Å². The largest absolute Gasteiger partial charge is 0.344 e. The molecule has 136 valence electrons. The van der Waals surface area contributed by atoms with Gasteiger partial charge >= 0.3 is 6.03 Å². The highest BCUT2D eigenvalue weighted by atomic mass is 32.2. The van der Waals surface area contributed by atoms with Crippen LogP contribution in [0.25, 0.3) is 0 Å². The molecule has 0 aliphatic rings. The normalized spacial score (nSPS) is 12.8. The number of rotatable bonds is 6. The third kappa shape index (κ3) is 3.92. The number of nitrogens with zero attached hydrogens (tertiary/aromatic N) is 3. The minimum absolute atomic E-state index is 0.121. The summed E-state index contributed by atoms with van der Waals surface area (Å²) in [5, 5.41) is 3.87. The van der Waals surface area contributed by atoms with Crippen LogP contribution in [0, 0.1) is 0 Å². The molecule has 0 aliphatic heterocycles. The molecule has 2 aromatic rings. The van der Waals surface area contributed by atoms with Gasteiger partial charge in [0.25, 0.3) is 0 Å². The number of hydrogen-bond acceptors (Lipinski definition) is 4. The summed E-state index contributed by atoms with van der Waals surface area (Å²) >= 11 is 0. The fourth-order valence-corrected chi connectivity index (χ4v) is 3.70. The van der Waals surface area contributed by atoms with Crippen molar-refractivity contribution < 1.29 is 13.2 Å². The molecule has 1 aromatic carbocycles. The van der Waals surface area contributed by atoms with Crippen LogP contribution in [-0.4, -0.2) is 42.2 Å². The van der Waals surface area contributed by atoms with Crippen LogP contribution in [0.5, 0.6) is 0 Å². The van der Waals surface area contributed by atoms with Crippen molar-refractivity contribution in [3.05, 3.63) is 42.1 Å². The van der Waals surface area contributed by atoms with Crippen LogP contribution in [0.2, 0.25) is 0 Å². The molecule has 0 saturated carbocycles. The van der Waals surface area contributed by atoms with Crippen LogP contribution in [0.15, 0.2) is 46.5 Å². The van der Waals surface area contributed by atoms with Gasteiger partial charge in [0.2, 0.25) is 9.84 Å². The first-order valence-electron chi connectivity index (χ1n) is 8.55. The number of benzene rings is 1. The summed E-state index contributed by atoms with van der Waals surface area (Å²) in [6, 6.07) is 7.89. The van der Waals surface area contributed by atoms with E-state index in [1.54, 1.807) is 17.0 Å². The van der Waals surface area contributed by atoms with E-state index in [4.69, 9.17) is 0 Å². The van der Waals surface area contributed by atoms with E-state index in [2.05, 4.69) is 18.9 Å². The molecule has 0 aliphatic carbocycles. The molecule has 0 bridgehead atoms. The molecule has 1 atom stereocenters. The Kier molecular flexibility index (Phi) is 6.00. The van der Waals surface area contributed by atoms with Gasteiger partial charge in [-0.15, -0.1) is 0 Å². The van der Waals surface area contributed by atoms with E-state index < -0.39 is 9.84 Å². The molecule has 1 aromatic heterocycles. The van der Waals surface area contributed by atoms with E-state index in [1.165, 1.54) is 12.3 Å². The van der Waals surface area contributed by atoms with Crippen molar-refractivity contribution in [1.82, 2.24) is 14.7 Å². The first-order valence-corrected chi connectivity index (χ1v) is 10.0. The quantitative estimate of drug-likeness (QED) is 0.787. The second-order valence-corrected chi connectivity index (χ2v) is 7.83. The van der Waals surface area contributed by atoms with Gasteiger partial charge in [-0.2, -0.15) is 9.78 Å². The summed E-state index contributed by atoms with van der Waals surface area (Å²) in [6.07, 6.45) is 2.38. The smallest absolute Gasteiger partial charge is 0.323 e. The van der Waals surface area contributed by atoms with Crippen molar-refractivity contribution in [1.29, 1.82) is 0 Å². The molecule has 0 fully saturated rings. The molecular formula is C18H25N3O3S. The highest BCUT2D eigenvalue weighted by molar-refractivity contribution is 7.91. The van der Waals surface area contributed by atoms with Gasteiger partial charge in [-0.1, -0.05) is 26.0 Å². The molecule has 0 N–H and O–H groups in total. The van der Waals surface area contributed by atoms with Gasteiger partial charge in [-0.25, -0.2) is 13.2 Å². The highest BCUT2D eigenvalue weighted by Crippen LogP contribution is 2.23. The number of carbonyl (C=O) groups excluding carboxylic acids is 1. The molecule has 1 unspecified atom stereocenters. The maximum absolute atomic E-state index is 12.7. The van der Waals surface area contributed by atoms with E-state index in [1.807, 2.05) is 26.0 Å². The average Bonchev–Trinajstić information content (AvgIpc) is 3.13. The lowest BCUT2D eigenvalue weighted by Crippen LogP contribution is -2.34. The maximum atomic E-state index is 12.7. The van der Waals surface area contributed by atoms with Gasteiger partial charge < -0.3 is 4.90 Å². The minimum atomic E-state index is -3.74. The van der Waals surface area contributed by atoms with Gasteiger partial charge in [0.1, 0.15) is 0 Å². The monoisotopic (exact) mass is 363 g/mol. The third-order valence-corrected chi connectivity index (χ3v) is 6.10. The minimum Gasteiger partial charge on any atom is -0.323 e. The van der Waals surface area contributed by atoms with Gasteiger partial charge in [-0.05, 0) is 49.9 Å². The molecule has 25 heavy (non-hydrogen) atoms. The van der Waals surface area contributed by atoms with E-state index in [-0.39, 0.29) is 16.0 Å². The number of aromatic nitrogens is 2. The van der Waals surface area contributed by atoms with Gasteiger partial charge in [-0.3, -0.25) is 0 Å². The molecule has 0 saturated heterocycles. The number of amides is 1. The van der Waals surface area contributed by atoms with Crippen molar-refractivity contribution in [3.63, 3.8) is 0 Å². The predicted octanol–water partition coefficient (Wildman–Crippen LogP) is 3.54. The van der Waals surface area contributed by atoms with Crippen molar-refractivity contribution in [2.45, 2.75) is 50.0 Å². The zero-order valence-electron chi connectivity index (χ0n) is 15.1. The molecule has 2 rings (SSSR count). The van der Waals surface area contributed by atoms with Gasteiger partial charge in [0.05, 0.1) is 4.90 Å². The Bertz CT molecular complexity index is 822. The Morgan fingerprint density at radius 2 is 1.72 bits per heavy atom. The third-order valence-electron chi connectivity index (χ3n) is 4.44. The highest BCUT2D eigenvalue weighted by Gasteiger charge is 2.23. The fourth-order valence-electron chi connectivity index (χ4n) is 2.53. The van der Waals surface area contributed by atoms with Gasteiger partial charge in [0.15, 0.2) is 5.03 Å². The summed E-state index contributed by atoms with van der Waals surface area (Å²) in [5.41, 5.74) is 1.10. The first kappa shape index (κ1) is 19.2. The standard InChI is InChI=1S/C18H25N3O3S/c1-5-14(4)15-8-10-16(11-9-15)25(23,24)17-12-13-21(19-17)18(22)20(6-2)7-3/h8-14H,5-7H2,1-4H3. The molecule has 0 spiro atoms. The number of sulfone groups is 1. The summed E-state index contributed by atoms with van der Waals surface area (Å²) in [5.74, 6) is 0.377. The first-order chi connectivity index (χ1) is 11.8. The van der Waals surface area contributed by atoms with Crippen LogP contribution in [0.4, 0.5) is 4.79 Å². The average molecular weight is 363 g/mol. The van der Waals surface area contributed by atoms with Crippen molar-refractivity contribution in [2.75, 3.05) is 13.1 Å². The Morgan fingerprint density at radius 3 is 2.24 bits per heavy atom. The lowest BCUT2D eigenvalue weighted by molar-refractivity contribution is 0.201. The second kappa shape index (κ2) is 7.82. The van der Waals surface area contributed by atoms with Crippen molar-refractivity contribution in [2.24, 2.45) is 0 Å². The van der Waals surface area contributed by atoms with E-state index in [0.29, 0.717) is 19.0 Å². The molecule has 1 amide bonds. The molecule has 0 radical (unpaired) electrons. The summed E-state index contributed by atoms with van der Waals surface area (Å²) in [6.45, 7) is 8.99. The molecular weight excluding hydrogens is 338 g/mol. The maximum Gasteiger partial charge on any atom is 0.344 e. The zero-order valence-corrected chi connectivity index (χ0v) is 16.0. The predicted molar refractivity (Wildman–Crippen MR) is 96.5 cm³/mol. The fraction of sp³-hybridized carbons (Fsp3) is 0.444. The van der Waals surface area contributed by atoms with E-state index in [0.717, 1.165) is 16.7 Å². The number of hydrogen-bond donors (Lipinski definition) is 0. The Morgan fingerprint density at radius 1 is 1.12 bits per heavy atom. The lowest BCUT2D eigenvalue weighted by Gasteiger charge is -2.17. The molecule has 7 heteroatoms. The van der Waals surface area contributed by atoms with Crippen LogP contribution < -0.4 is 0 Å². The topological polar surface area (TPSA) is 72.3 Å². The summed E-state index contributed by atoms with van der Waals surface area (Å²) in [4.78, 5) is 14.0. The number of carbonyl (C=O) groups is 1. The SMILES string of the molecule is CCC(C)c1ccc(S(=O)(=O)c2ccn(C(=O)N(CC)CC)n2)cc1. The summed E-state index contributed by atoms with van der Waals surface area (Å²) in [7, 11) is -3.74. The zero-order chi connectivity index (χ0) is 18.6. The van der Waals surface area contributed by atoms with Crippen LogP contribution in [0.3, 0.4) is 0 Å². The summed E-state index contributed by atoms with van der Waals surface area (Å²) < 4.78 is 26.5. The van der Waals surface area contributed by atoms with Crippen molar-refractivity contribution in [3.8, 4) is 0 Å². The Balaban J connectivity index is 2.30. The van der Waals surface area contributed by atoms with Gasteiger partial charge in [0, 0.05) is 19.3 Å². The van der Waals surface area contributed by atoms with Crippen LogP contribution in [-0.2, 0) is 9.84 Å². The lowest BCUT2D eigenvalue weighted by atomic mass is 9.99. The van der Waals surface area contributed by atoms with Crippen LogP contribution >= 0.6 is 0 Å². The van der Waals surface area contributed by atoms with E-state index >= 15 is 0 Å². The molecule has 6 nitrogen and oxygen atoms in total. The van der Waals surface area contributed by atoms with E-state index in [9.17, 15) is 13.2 Å². The second-order valence-electron chi connectivity index (χ2n) is 5.94.